The Kier molecular flexibility index (Phi) is 5.14. The van der Waals surface area contributed by atoms with E-state index in [9.17, 15) is 0 Å². The lowest BCUT2D eigenvalue weighted by Gasteiger charge is -2.13. The zero-order chi connectivity index (χ0) is 15.3. The van der Waals surface area contributed by atoms with Crippen LogP contribution in [0.25, 0.3) is 11.6 Å². The van der Waals surface area contributed by atoms with Crippen LogP contribution >= 0.6 is 0 Å². The molecular formula is C15H23N4OSi+. The first-order valence-electron chi connectivity index (χ1n) is 7.16. The van der Waals surface area contributed by atoms with Crippen molar-refractivity contribution < 1.29 is 4.74 Å². The first-order valence-corrected chi connectivity index (χ1v) is 8.90. The summed E-state index contributed by atoms with van der Waals surface area (Å²) in [4.78, 5) is 3.98. The number of nitrogen functional groups attached to an aromatic ring is 1. The molecule has 0 unspecified atom stereocenters. The molecule has 0 aliphatic rings. The first-order chi connectivity index (χ1) is 10.0. The summed E-state index contributed by atoms with van der Waals surface area (Å²) in [7, 11) is 0.431. The summed E-state index contributed by atoms with van der Waals surface area (Å²) >= 11 is 0. The lowest BCUT2D eigenvalue weighted by Crippen LogP contribution is -2.17. The van der Waals surface area contributed by atoms with Gasteiger partial charge in [0.25, 0.3) is 0 Å². The largest absolute Gasteiger partial charge is 0.382 e. The van der Waals surface area contributed by atoms with Crippen LogP contribution in [0.5, 0.6) is 0 Å². The molecule has 0 aromatic carbocycles. The Bertz CT molecular complexity index is 621. The number of ether oxygens (including phenoxy) is 1. The second-order valence-corrected chi connectivity index (χ2v) is 7.86. The summed E-state index contributed by atoms with van der Waals surface area (Å²) in [6, 6.07) is 3.92. The van der Waals surface area contributed by atoms with E-state index in [-0.39, 0.29) is 0 Å². The van der Waals surface area contributed by atoms with Gasteiger partial charge < -0.3 is 10.5 Å². The Morgan fingerprint density at radius 1 is 1.43 bits per heavy atom. The van der Waals surface area contributed by atoms with Gasteiger partial charge in [0, 0.05) is 0 Å². The third-order valence-corrected chi connectivity index (χ3v) is 5.21. The standard InChI is InChI=1S/C15H23N4OSi/c1-15(2,21-3)10-20-9-5-4-6-12-7-8-13-14(16)17-11-18-19(12)13/h4,6-8,11,21H,5,9-10H2,1-3H3,(H2,16,17,18)/q+1/b6-4+. The fourth-order valence-electron chi connectivity index (χ4n) is 1.87. The highest BCUT2D eigenvalue weighted by Crippen LogP contribution is 2.22. The maximum Gasteiger partial charge on any atom is 0.304 e. The zero-order valence-electron chi connectivity index (χ0n) is 12.9. The second kappa shape index (κ2) is 6.86. The number of anilines is 1. The number of nitrogens with two attached hydrogens (primary N) is 1. The molecule has 0 atom stereocenters. The molecule has 2 aromatic rings. The highest BCUT2D eigenvalue weighted by molar-refractivity contribution is 6.37. The smallest absolute Gasteiger partial charge is 0.304 e. The van der Waals surface area contributed by atoms with E-state index in [1.807, 2.05) is 18.2 Å². The van der Waals surface area contributed by atoms with E-state index in [4.69, 9.17) is 10.5 Å². The number of aromatic nitrogens is 3. The van der Waals surface area contributed by atoms with Crippen LogP contribution in [-0.4, -0.2) is 37.3 Å². The van der Waals surface area contributed by atoms with Crippen molar-refractivity contribution in [3.05, 3.63) is 30.2 Å². The summed E-state index contributed by atoms with van der Waals surface area (Å²) in [6.07, 6.45) is 6.51. The van der Waals surface area contributed by atoms with Crippen LogP contribution in [-0.2, 0) is 4.74 Å². The van der Waals surface area contributed by atoms with Gasteiger partial charge in [-0.25, -0.2) is 9.50 Å². The minimum absolute atomic E-state index is 0.343. The average molecular weight is 303 g/mol. The molecule has 0 aliphatic carbocycles. The van der Waals surface area contributed by atoms with Gasteiger partial charge in [0.05, 0.1) is 25.5 Å². The van der Waals surface area contributed by atoms with Crippen LogP contribution < -0.4 is 5.73 Å². The predicted molar refractivity (Wildman–Crippen MR) is 88.9 cm³/mol. The van der Waals surface area contributed by atoms with Gasteiger partial charge in [-0.05, 0) is 38.5 Å². The summed E-state index contributed by atoms with van der Waals surface area (Å²) < 4.78 is 7.53. The number of hydrogen-bond donors (Lipinski definition) is 1. The number of rotatable bonds is 7. The Morgan fingerprint density at radius 2 is 2.24 bits per heavy atom. The van der Waals surface area contributed by atoms with E-state index in [0.717, 1.165) is 30.8 Å². The molecule has 2 heterocycles. The van der Waals surface area contributed by atoms with Crippen LogP contribution in [0, 0.1) is 0 Å². The van der Waals surface area contributed by atoms with Gasteiger partial charge in [-0.1, -0.05) is 6.08 Å². The summed E-state index contributed by atoms with van der Waals surface area (Å²) in [5, 5.41) is 4.55. The van der Waals surface area contributed by atoms with Crippen molar-refractivity contribution in [3.8, 4) is 0 Å². The molecule has 0 fully saturated rings. The van der Waals surface area contributed by atoms with Crippen LogP contribution in [0.2, 0.25) is 11.6 Å². The van der Waals surface area contributed by atoms with Gasteiger partial charge in [0.2, 0.25) is 0 Å². The van der Waals surface area contributed by atoms with Crippen molar-refractivity contribution in [2.45, 2.75) is 31.9 Å². The van der Waals surface area contributed by atoms with Crippen molar-refractivity contribution in [3.63, 3.8) is 0 Å². The van der Waals surface area contributed by atoms with E-state index in [1.165, 1.54) is 6.33 Å². The van der Waals surface area contributed by atoms with E-state index in [2.05, 4.69) is 36.6 Å². The van der Waals surface area contributed by atoms with Crippen LogP contribution in [0.4, 0.5) is 5.82 Å². The van der Waals surface area contributed by atoms with Crippen molar-refractivity contribution in [1.29, 1.82) is 0 Å². The van der Waals surface area contributed by atoms with Crippen molar-refractivity contribution in [2.75, 3.05) is 18.9 Å². The van der Waals surface area contributed by atoms with Crippen molar-refractivity contribution in [2.24, 2.45) is 0 Å². The Hall–Kier alpha value is -1.66. The topological polar surface area (TPSA) is 65.4 Å². The quantitative estimate of drug-likeness (QED) is 0.630. The molecule has 2 aromatic heterocycles. The first kappa shape index (κ1) is 15.7. The summed E-state index contributed by atoms with van der Waals surface area (Å²) in [6.45, 7) is 8.38. The lowest BCUT2D eigenvalue weighted by atomic mass is 10.2. The fraction of sp³-hybridized carbons (Fsp3) is 0.467. The van der Waals surface area contributed by atoms with Gasteiger partial charge >= 0.3 is 9.52 Å². The van der Waals surface area contributed by atoms with E-state index >= 15 is 0 Å². The molecular weight excluding hydrogens is 280 g/mol. The minimum Gasteiger partial charge on any atom is -0.382 e. The fourth-order valence-corrected chi connectivity index (χ4v) is 2.16. The Balaban J connectivity index is 1.85. The predicted octanol–water partition coefficient (Wildman–Crippen LogP) is 2.41. The number of fused-ring (bicyclic) bond motifs is 1. The molecule has 6 heteroatoms. The monoisotopic (exact) mass is 303 g/mol. The molecule has 0 saturated carbocycles. The zero-order valence-corrected chi connectivity index (χ0v) is 14.1. The van der Waals surface area contributed by atoms with Crippen LogP contribution in [0.15, 0.2) is 24.5 Å². The minimum atomic E-state index is 0.343. The normalized spacial score (nSPS) is 12.3. The van der Waals surface area contributed by atoms with Gasteiger partial charge in [-0.15, -0.1) is 0 Å². The molecule has 112 valence electrons. The Labute approximate surface area is 128 Å². The maximum atomic E-state index is 5.80. The third-order valence-electron chi connectivity index (χ3n) is 3.48. The molecule has 0 radical (unpaired) electrons. The van der Waals surface area contributed by atoms with E-state index < -0.39 is 0 Å². The lowest BCUT2D eigenvalue weighted by molar-refractivity contribution is 0.119. The number of hydrogen-bond acceptors (Lipinski definition) is 4. The molecule has 5 nitrogen and oxygen atoms in total. The summed E-state index contributed by atoms with van der Waals surface area (Å²) in [5.41, 5.74) is 7.64. The van der Waals surface area contributed by atoms with E-state index in [1.54, 1.807) is 4.52 Å². The molecule has 0 amide bonds. The molecule has 2 N–H and O–H groups in total. The number of nitrogens with zero attached hydrogens (tertiary/aromatic N) is 3. The highest BCUT2D eigenvalue weighted by Gasteiger charge is 2.25. The average Bonchev–Trinajstić information content (AvgIpc) is 2.87. The van der Waals surface area contributed by atoms with Gasteiger partial charge in [0.1, 0.15) is 16.9 Å². The van der Waals surface area contributed by atoms with Gasteiger partial charge in [-0.2, -0.15) is 5.10 Å². The molecule has 21 heavy (non-hydrogen) atoms. The molecule has 0 aliphatic heterocycles. The van der Waals surface area contributed by atoms with Crippen LogP contribution in [0.1, 0.15) is 26.0 Å². The molecule has 0 spiro atoms. The molecule has 0 saturated heterocycles. The van der Waals surface area contributed by atoms with E-state index in [0.29, 0.717) is 20.4 Å². The molecule has 0 bridgehead atoms. The Morgan fingerprint density at radius 3 is 3.00 bits per heavy atom. The third kappa shape index (κ3) is 4.15. The van der Waals surface area contributed by atoms with Crippen LogP contribution in [0.3, 0.4) is 0 Å². The summed E-state index contributed by atoms with van der Waals surface area (Å²) in [5.74, 6) is 0.497. The molecule has 2 rings (SSSR count). The van der Waals surface area contributed by atoms with Crippen molar-refractivity contribution >= 4 is 26.9 Å². The van der Waals surface area contributed by atoms with Gasteiger partial charge in [0.15, 0.2) is 5.82 Å². The van der Waals surface area contributed by atoms with Gasteiger partial charge in [-0.3, -0.25) is 0 Å². The SMILES string of the molecule is C[SiH+]C(C)(C)COCC/C=C/c1ccc2c(N)ncnn12. The maximum absolute atomic E-state index is 5.80. The second-order valence-electron chi connectivity index (χ2n) is 5.72. The van der Waals surface area contributed by atoms with Crippen molar-refractivity contribution in [1.82, 2.24) is 14.6 Å². The highest BCUT2D eigenvalue weighted by atomic mass is 28.2.